The fourth-order valence-electron chi connectivity index (χ4n) is 2.45. The number of hydrogen-bond donors (Lipinski definition) is 1. The minimum Gasteiger partial charge on any atom is -0.339 e. The highest BCUT2D eigenvalue weighted by molar-refractivity contribution is 5.22. The highest BCUT2D eigenvalue weighted by Crippen LogP contribution is 2.39. The molecule has 2 atom stereocenters. The normalized spacial score (nSPS) is 18.2. The van der Waals surface area contributed by atoms with Crippen LogP contribution in [0.3, 0.4) is 0 Å². The van der Waals surface area contributed by atoms with Crippen molar-refractivity contribution in [1.82, 2.24) is 15.5 Å². The molecule has 0 radical (unpaired) electrons. The van der Waals surface area contributed by atoms with Gasteiger partial charge in [-0.25, -0.2) is 0 Å². The van der Waals surface area contributed by atoms with E-state index in [-0.39, 0.29) is 12.0 Å². The Labute approximate surface area is 113 Å². The van der Waals surface area contributed by atoms with Gasteiger partial charge in [-0.05, 0) is 25.5 Å². The Morgan fingerprint density at radius 2 is 2.00 bits per heavy atom. The fraction of sp³-hybridized carbons (Fsp3) is 0.467. The van der Waals surface area contributed by atoms with E-state index in [1.807, 2.05) is 13.1 Å². The molecule has 3 rings (SSSR count). The molecular formula is C15H19N3O. The molecule has 2 unspecified atom stereocenters. The molecule has 19 heavy (non-hydrogen) atoms. The standard InChI is InChI=1S/C15H19N3O/c1-10(13(16-2)11-6-4-3-5-7-11)15-17-14(18-19-15)12-8-9-12/h3-7,10,12-13,16H,8-9H2,1-2H3. The molecule has 4 nitrogen and oxygen atoms in total. The van der Waals surface area contributed by atoms with E-state index < -0.39 is 0 Å². The molecule has 1 saturated carbocycles. The van der Waals surface area contributed by atoms with Crippen LogP contribution < -0.4 is 5.32 Å². The molecule has 1 aliphatic rings. The lowest BCUT2D eigenvalue weighted by Gasteiger charge is -2.21. The third-order valence-electron chi connectivity index (χ3n) is 3.76. The first-order chi connectivity index (χ1) is 9.29. The molecule has 1 fully saturated rings. The van der Waals surface area contributed by atoms with Crippen molar-refractivity contribution in [2.45, 2.75) is 37.6 Å². The summed E-state index contributed by atoms with van der Waals surface area (Å²) >= 11 is 0. The molecule has 0 aliphatic heterocycles. The van der Waals surface area contributed by atoms with E-state index in [4.69, 9.17) is 4.52 Å². The van der Waals surface area contributed by atoms with Crippen molar-refractivity contribution in [3.8, 4) is 0 Å². The summed E-state index contributed by atoms with van der Waals surface area (Å²) in [6, 6.07) is 10.6. The summed E-state index contributed by atoms with van der Waals surface area (Å²) in [5.74, 6) is 2.30. The zero-order valence-corrected chi connectivity index (χ0v) is 11.3. The molecular weight excluding hydrogens is 238 g/mol. The highest BCUT2D eigenvalue weighted by Gasteiger charge is 2.31. The third-order valence-corrected chi connectivity index (χ3v) is 3.76. The fourth-order valence-corrected chi connectivity index (χ4v) is 2.45. The van der Waals surface area contributed by atoms with Crippen LogP contribution in [0.2, 0.25) is 0 Å². The summed E-state index contributed by atoms with van der Waals surface area (Å²) < 4.78 is 5.43. The van der Waals surface area contributed by atoms with E-state index >= 15 is 0 Å². The average Bonchev–Trinajstić information content (AvgIpc) is 3.18. The van der Waals surface area contributed by atoms with Crippen LogP contribution in [0.15, 0.2) is 34.9 Å². The predicted molar refractivity (Wildman–Crippen MR) is 72.9 cm³/mol. The van der Waals surface area contributed by atoms with Gasteiger partial charge in [-0.15, -0.1) is 0 Å². The van der Waals surface area contributed by atoms with Crippen molar-refractivity contribution in [1.29, 1.82) is 0 Å². The lowest BCUT2D eigenvalue weighted by molar-refractivity contribution is 0.329. The van der Waals surface area contributed by atoms with Crippen LogP contribution in [0, 0.1) is 0 Å². The average molecular weight is 257 g/mol. The Hall–Kier alpha value is -1.68. The zero-order chi connectivity index (χ0) is 13.2. The Kier molecular flexibility index (Phi) is 3.34. The van der Waals surface area contributed by atoms with Crippen LogP contribution in [-0.4, -0.2) is 17.2 Å². The highest BCUT2D eigenvalue weighted by atomic mass is 16.5. The first kappa shape index (κ1) is 12.4. The lowest BCUT2D eigenvalue weighted by atomic mass is 9.94. The van der Waals surface area contributed by atoms with Crippen molar-refractivity contribution in [2.24, 2.45) is 0 Å². The van der Waals surface area contributed by atoms with E-state index in [9.17, 15) is 0 Å². The van der Waals surface area contributed by atoms with Gasteiger partial charge in [0.15, 0.2) is 5.82 Å². The van der Waals surface area contributed by atoms with Gasteiger partial charge in [-0.3, -0.25) is 0 Å². The quantitative estimate of drug-likeness (QED) is 0.894. The van der Waals surface area contributed by atoms with Crippen LogP contribution in [0.1, 0.15) is 54.9 Å². The molecule has 100 valence electrons. The van der Waals surface area contributed by atoms with E-state index in [1.54, 1.807) is 0 Å². The maximum Gasteiger partial charge on any atom is 0.231 e. The summed E-state index contributed by atoms with van der Waals surface area (Å²) in [5.41, 5.74) is 1.24. The molecule has 0 spiro atoms. The van der Waals surface area contributed by atoms with Crippen molar-refractivity contribution in [3.05, 3.63) is 47.6 Å². The van der Waals surface area contributed by atoms with Crippen molar-refractivity contribution >= 4 is 0 Å². The van der Waals surface area contributed by atoms with E-state index in [0.717, 1.165) is 11.7 Å². The van der Waals surface area contributed by atoms with Gasteiger partial charge >= 0.3 is 0 Å². The van der Waals surface area contributed by atoms with Gasteiger partial charge in [0.25, 0.3) is 0 Å². The van der Waals surface area contributed by atoms with Gasteiger partial charge in [-0.2, -0.15) is 4.98 Å². The van der Waals surface area contributed by atoms with Crippen molar-refractivity contribution in [2.75, 3.05) is 7.05 Å². The number of rotatable bonds is 5. The number of aromatic nitrogens is 2. The van der Waals surface area contributed by atoms with Crippen LogP contribution in [0.4, 0.5) is 0 Å². The maximum atomic E-state index is 5.43. The van der Waals surface area contributed by atoms with Crippen LogP contribution in [0.25, 0.3) is 0 Å². The number of nitrogens with zero attached hydrogens (tertiary/aromatic N) is 2. The third kappa shape index (κ3) is 2.54. The Bertz CT molecular complexity index is 533. The molecule has 1 aliphatic carbocycles. The zero-order valence-electron chi connectivity index (χ0n) is 11.3. The smallest absolute Gasteiger partial charge is 0.231 e. The Morgan fingerprint density at radius 3 is 2.63 bits per heavy atom. The number of likely N-dealkylation sites (N-methyl/N-ethyl adjacent to an activating group) is 1. The second kappa shape index (κ2) is 5.13. The number of hydrogen-bond acceptors (Lipinski definition) is 4. The molecule has 1 aromatic carbocycles. The molecule has 1 heterocycles. The monoisotopic (exact) mass is 257 g/mol. The largest absolute Gasteiger partial charge is 0.339 e. The summed E-state index contributed by atoms with van der Waals surface area (Å²) in [4.78, 5) is 4.55. The van der Waals surface area contributed by atoms with E-state index in [2.05, 4.69) is 46.6 Å². The molecule has 0 saturated heterocycles. The lowest BCUT2D eigenvalue weighted by Crippen LogP contribution is -2.22. The van der Waals surface area contributed by atoms with Gasteiger partial charge in [0.1, 0.15) is 0 Å². The minimum atomic E-state index is 0.160. The Morgan fingerprint density at radius 1 is 1.26 bits per heavy atom. The minimum absolute atomic E-state index is 0.160. The molecule has 1 N–H and O–H groups in total. The second-order valence-corrected chi connectivity index (χ2v) is 5.23. The molecule has 0 bridgehead atoms. The first-order valence-corrected chi connectivity index (χ1v) is 6.85. The second-order valence-electron chi connectivity index (χ2n) is 5.23. The van der Waals surface area contributed by atoms with Gasteiger partial charge in [-0.1, -0.05) is 42.4 Å². The summed E-state index contributed by atoms with van der Waals surface area (Å²) in [6.45, 7) is 2.12. The maximum absolute atomic E-state index is 5.43. The van der Waals surface area contributed by atoms with E-state index in [0.29, 0.717) is 5.92 Å². The molecule has 0 amide bonds. The summed E-state index contributed by atoms with van der Waals surface area (Å²) in [7, 11) is 1.96. The van der Waals surface area contributed by atoms with Gasteiger partial charge < -0.3 is 9.84 Å². The SMILES string of the molecule is CNC(c1ccccc1)C(C)c1nc(C2CC2)no1. The number of nitrogens with one attached hydrogen (secondary N) is 1. The van der Waals surface area contributed by atoms with Crippen LogP contribution in [0.5, 0.6) is 0 Å². The van der Waals surface area contributed by atoms with Crippen molar-refractivity contribution < 1.29 is 4.52 Å². The Balaban J connectivity index is 1.81. The summed E-state index contributed by atoms with van der Waals surface area (Å²) in [5, 5.41) is 7.44. The molecule has 1 aromatic heterocycles. The van der Waals surface area contributed by atoms with E-state index in [1.165, 1.54) is 18.4 Å². The van der Waals surface area contributed by atoms with Crippen molar-refractivity contribution in [3.63, 3.8) is 0 Å². The van der Waals surface area contributed by atoms with Crippen LogP contribution >= 0.6 is 0 Å². The predicted octanol–water partition coefficient (Wildman–Crippen LogP) is 3.01. The first-order valence-electron chi connectivity index (χ1n) is 6.85. The van der Waals surface area contributed by atoms with Crippen LogP contribution in [-0.2, 0) is 0 Å². The van der Waals surface area contributed by atoms with Gasteiger partial charge in [0.2, 0.25) is 5.89 Å². The molecule has 2 aromatic rings. The summed E-state index contributed by atoms with van der Waals surface area (Å²) in [6.07, 6.45) is 2.39. The topological polar surface area (TPSA) is 51.0 Å². The van der Waals surface area contributed by atoms with Gasteiger partial charge in [0, 0.05) is 12.0 Å². The van der Waals surface area contributed by atoms with Gasteiger partial charge in [0.05, 0.1) is 5.92 Å². The molecule has 4 heteroatoms. The number of benzene rings is 1.